The molecule has 3 aromatic rings. The molecule has 0 unspecified atom stereocenters. The van der Waals surface area contributed by atoms with E-state index in [0.29, 0.717) is 16.3 Å². The summed E-state index contributed by atoms with van der Waals surface area (Å²) in [4.78, 5) is 28.9. The van der Waals surface area contributed by atoms with Crippen LogP contribution in [0.3, 0.4) is 0 Å². The van der Waals surface area contributed by atoms with Gasteiger partial charge in [-0.25, -0.2) is 8.42 Å². The summed E-state index contributed by atoms with van der Waals surface area (Å²) >= 11 is 6.44. The van der Waals surface area contributed by atoms with Crippen LogP contribution < -0.4 is 9.62 Å². The van der Waals surface area contributed by atoms with Gasteiger partial charge >= 0.3 is 0 Å². The molecule has 2 amide bonds. The monoisotopic (exact) mass is 581 g/mol. The molecule has 1 saturated carbocycles. The summed E-state index contributed by atoms with van der Waals surface area (Å²) in [5.74, 6) is -0.774. The molecule has 1 atom stereocenters. The molecule has 9 heteroatoms. The predicted octanol–water partition coefficient (Wildman–Crippen LogP) is 5.63. The fourth-order valence-corrected chi connectivity index (χ4v) is 6.74. The smallest absolute Gasteiger partial charge is 0.264 e. The molecule has 4 rings (SSSR count). The van der Waals surface area contributed by atoms with Crippen molar-refractivity contribution in [3.8, 4) is 0 Å². The Morgan fingerprint density at radius 2 is 1.55 bits per heavy atom. The number of nitrogens with one attached hydrogen (secondary N) is 1. The molecule has 0 radical (unpaired) electrons. The minimum Gasteiger partial charge on any atom is -0.352 e. The maximum Gasteiger partial charge on any atom is 0.264 e. The van der Waals surface area contributed by atoms with Crippen molar-refractivity contribution >= 4 is 39.1 Å². The fraction of sp³-hybridized carbons (Fsp3) is 0.355. The molecule has 0 saturated heterocycles. The average Bonchev–Trinajstić information content (AvgIpc) is 3.43. The largest absolute Gasteiger partial charge is 0.352 e. The van der Waals surface area contributed by atoms with Crippen molar-refractivity contribution in [1.82, 2.24) is 10.2 Å². The average molecular weight is 582 g/mol. The summed E-state index contributed by atoms with van der Waals surface area (Å²) in [5.41, 5.74) is 2.79. The molecule has 1 fully saturated rings. The van der Waals surface area contributed by atoms with Gasteiger partial charge in [0, 0.05) is 17.6 Å². The van der Waals surface area contributed by atoms with E-state index in [1.54, 1.807) is 55.5 Å². The number of nitrogens with zero attached hydrogens (tertiary/aromatic N) is 2. The lowest BCUT2D eigenvalue weighted by molar-refractivity contribution is -0.139. The zero-order valence-corrected chi connectivity index (χ0v) is 24.7. The number of halogens is 1. The number of aryl methyl sites for hydroxylation is 2. The van der Waals surface area contributed by atoms with E-state index in [1.807, 2.05) is 26.0 Å². The number of carbonyl (C=O) groups excluding carboxylic acids is 2. The SMILES string of the molecule is Cc1cc(C)cc(N(CC(=O)N(Cc2ccccc2Cl)[C@H](C)C(=O)NC2CCCC2)S(=O)(=O)c2ccccc2)c1. The van der Waals surface area contributed by atoms with Crippen molar-refractivity contribution in [3.63, 3.8) is 0 Å². The lowest BCUT2D eigenvalue weighted by atomic mass is 10.1. The molecule has 0 heterocycles. The molecule has 1 aliphatic rings. The highest BCUT2D eigenvalue weighted by molar-refractivity contribution is 7.92. The summed E-state index contributed by atoms with van der Waals surface area (Å²) in [5, 5.41) is 3.54. The first-order valence-corrected chi connectivity index (χ1v) is 15.4. The Labute approximate surface area is 242 Å². The number of hydrogen-bond acceptors (Lipinski definition) is 4. The number of anilines is 1. The van der Waals surface area contributed by atoms with Gasteiger partial charge < -0.3 is 10.2 Å². The summed E-state index contributed by atoms with van der Waals surface area (Å²) in [7, 11) is -4.10. The maximum absolute atomic E-state index is 14.1. The van der Waals surface area contributed by atoms with E-state index in [4.69, 9.17) is 11.6 Å². The van der Waals surface area contributed by atoms with Gasteiger partial charge in [-0.2, -0.15) is 0 Å². The molecule has 3 aromatic carbocycles. The number of carbonyl (C=O) groups is 2. The molecule has 0 spiro atoms. The number of sulfonamides is 1. The highest BCUT2D eigenvalue weighted by Gasteiger charge is 2.33. The molecule has 1 N–H and O–H groups in total. The van der Waals surface area contributed by atoms with Gasteiger partial charge in [0.1, 0.15) is 12.6 Å². The van der Waals surface area contributed by atoms with Gasteiger partial charge in [0.2, 0.25) is 11.8 Å². The summed E-state index contributed by atoms with van der Waals surface area (Å²) < 4.78 is 29.0. The van der Waals surface area contributed by atoms with Gasteiger partial charge in [-0.3, -0.25) is 13.9 Å². The molecular weight excluding hydrogens is 546 g/mol. The second-order valence-corrected chi connectivity index (χ2v) is 12.7. The minimum absolute atomic E-state index is 0.0594. The van der Waals surface area contributed by atoms with E-state index in [-0.39, 0.29) is 23.4 Å². The Morgan fingerprint density at radius 1 is 0.950 bits per heavy atom. The Morgan fingerprint density at radius 3 is 2.17 bits per heavy atom. The van der Waals surface area contributed by atoms with E-state index in [9.17, 15) is 18.0 Å². The molecule has 0 bridgehead atoms. The van der Waals surface area contributed by atoms with Crippen LogP contribution in [0, 0.1) is 13.8 Å². The van der Waals surface area contributed by atoms with Crippen LogP contribution in [0.2, 0.25) is 5.02 Å². The normalized spacial score (nSPS) is 14.5. The van der Waals surface area contributed by atoms with Crippen LogP contribution in [0.1, 0.15) is 49.3 Å². The van der Waals surface area contributed by atoms with E-state index in [2.05, 4.69) is 5.32 Å². The van der Waals surface area contributed by atoms with Crippen LogP contribution in [0.5, 0.6) is 0 Å². The quantitative estimate of drug-likeness (QED) is 0.336. The van der Waals surface area contributed by atoms with Gasteiger partial charge in [-0.05, 0) is 80.6 Å². The molecule has 1 aliphatic carbocycles. The molecule has 0 aliphatic heterocycles. The third kappa shape index (κ3) is 7.04. The Hall–Kier alpha value is -3.36. The summed E-state index contributed by atoms with van der Waals surface area (Å²) in [6.07, 6.45) is 3.94. The van der Waals surface area contributed by atoms with E-state index < -0.39 is 28.5 Å². The standard InChI is InChI=1S/C31H36ClN3O4S/c1-22-17-23(2)19-27(18-22)35(40(38,39)28-14-5-4-6-15-28)21-30(36)34(20-25-11-7-10-16-29(25)32)24(3)31(37)33-26-12-8-9-13-26/h4-7,10-11,14-19,24,26H,8-9,12-13,20-21H2,1-3H3,(H,33,37)/t24-/m1/s1. The second kappa shape index (κ2) is 12.9. The topological polar surface area (TPSA) is 86.8 Å². The van der Waals surface area contributed by atoms with Gasteiger partial charge in [0.05, 0.1) is 10.6 Å². The lowest BCUT2D eigenvalue weighted by Gasteiger charge is -2.33. The van der Waals surface area contributed by atoms with Crippen molar-refractivity contribution in [2.45, 2.75) is 70.0 Å². The Kier molecular flexibility index (Phi) is 9.53. The molecular formula is C31H36ClN3O4S. The van der Waals surface area contributed by atoms with Crippen molar-refractivity contribution in [1.29, 1.82) is 0 Å². The van der Waals surface area contributed by atoms with Crippen LogP contribution in [0.25, 0.3) is 0 Å². The van der Waals surface area contributed by atoms with E-state index in [0.717, 1.165) is 41.1 Å². The van der Waals surface area contributed by atoms with E-state index >= 15 is 0 Å². The highest BCUT2D eigenvalue weighted by Crippen LogP contribution is 2.27. The zero-order valence-electron chi connectivity index (χ0n) is 23.1. The third-order valence-corrected chi connectivity index (χ3v) is 9.43. The third-order valence-electron chi connectivity index (χ3n) is 7.27. The summed E-state index contributed by atoms with van der Waals surface area (Å²) in [6.45, 7) is 5.01. The van der Waals surface area contributed by atoms with Crippen molar-refractivity contribution < 1.29 is 18.0 Å². The maximum atomic E-state index is 14.1. The first kappa shape index (κ1) is 29.6. The molecule has 212 valence electrons. The molecule has 0 aromatic heterocycles. The Bertz CT molecular complexity index is 1440. The van der Waals surface area contributed by atoms with E-state index in [1.165, 1.54) is 17.0 Å². The van der Waals surface area contributed by atoms with Gasteiger partial charge in [-0.1, -0.05) is 66.9 Å². The van der Waals surface area contributed by atoms with Crippen LogP contribution in [0.15, 0.2) is 77.7 Å². The lowest BCUT2D eigenvalue weighted by Crippen LogP contribution is -2.52. The van der Waals surface area contributed by atoms with Gasteiger partial charge in [-0.15, -0.1) is 0 Å². The first-order valence-electron chi connectivity index (χ1n) is 13.6. The van der Waals surface area contributed by atoms with Crippen molar-refractivity contribution in [3.05, 3.63) is 94.5 Å². The summed E-state index contributed by atoms with van der Waals surface area (Å²) in [6, 6.07) is 19.9. The number of hydrogen-bond donors (Lipinski definition) is 1. The first-order chi connectivity index (χ1) is 19.1. The Balaban J connectivity index is 1.71. The highest BCUT2D eigenvalue weighted by atomic mass is 35.5. The van der Waals surface area contributed by atoms with Crippen molar-refractivity contribution in [2.75, 3.05) is 10.8 Å². The van der Waals surface area contributed by atoms with Crippen LogP contribution in [0.4, 0.5) is 5.69 Å². The zero-order chi connectivity index (χ0) is 28.9. The number of rotatable bonds is 10. The van der Waals surface area contributed by atoms with Crippen LogP contribution >= 0.6 is 11.6 Å². The predicted molar refractivity (Wildman–Crippen MR) is 159 cm³/mol. The van der Waals surface area contributed by atoms with Crippen LogP contribution in [-0.2, 0) is 26.2 Å². The van der Waals surface area contributed by atoms with Crippen molar-refractivity contribution in [2.24, 2.45) is 0 Å². The number of amides is 2. The van der Waals surface area contributed by atoms with Gasteiger partial charge in [0.15, 0.2) is 0 Å². The van der Waals surface area contributed by atoms with Crippen LogP contribution in [-0.4, -0.2) is 43.8 Å². The van der Waals surface area contributed by atoms with Gasteiger partial charge in [0.25, 0.3) is 10.0 Å². The number of benzene rings is 3. The second-order valence-electron chi connectivity index (χ2n) is 10.4. The molecule has 40 heavy (non-hydrogen) atoms. The minimum atomic E-state index is -4.10. The fourth-order valence-electron chi connectivity index (χ4n) is 5.13. The molecule has 7 nitrogen and oxygen atoms in total.